The third kappa shape index (κ3) is 2.79. The first-order valence-electron chi connectivity index (χ1n) is 4.07. The van der Waals surface area contributed by atoms with E-state index in [2.05, 4.69) is 10.1 Å². The van der Waals surface area contributed by atoms with E-state index in [1.165, 1.54) is 7.11 Å². The molecule has 0 unspecified atom stereocenters. The number of nitriles is 1. The molecule has 0 saturated heterocycles. The molecule has 0 bridgehead atoms. The van der Waals surface area contributed by atoms with Gasteiger partial charge in [0, 0.05) is 5.69 Å². The van der Waals surface area contributed by atoms with Gasteiger partial charge in [-0.15, -0.1) is 0 Å². The van der Waals surface area contributed by atoms with E-state index in [-0.39, 0.29) is 0 Å². The van der Waals surface area contributed by atoms with Crippen molar-refractivity contribution < 1.29 is 9.53 Å². The van der Waals surface area contributed by atoms with Gasteiger partial charge in [0.15, 0.2) is 0 Å². The van der Waals surface area contributed by atoms with Crippen LogP contribution >= 0.6 is 0 Å². The number of amides is 1. The Morgan fingerprint density at radius 1 is 1.64 bits per heavy atom. The molecular formula is C10H10N2O2. The van der Waals surface area contributed by atoms with Crippen LogP contribution < -0.4 is 5.32 Å². The van der Waals surface area contributed by atoms with Crippen molar-refractivity contribution in [3.63, 3.8) is 0 Å². The Hall–Kier alpha value is -2.02. The molecule has 1 N–H and O–H groups in total. The van der Waals surface area contributed by atoms with Crippen molar-refractivity contribution >= 4 is 11.8 Å². The van der Waals surface area contributed by atoms with Crippen molar-refractivity contribution in [1.82, 2.24) is 0 Å². The molecule has 0 fully saturated rings. The molecule has 0 atom stereocenters. The zero-order valence-corrected chi connectivity index (χ0v) is 7.78. The average molecular weight is 190 g/mol. The summed E-state index contributed by atoms with van der Waals surface area (Å²) < 4.78 is 4.44. The van der Waals surface area contributed by atoms with Crippen LogP contribution in [0.1, 0.15) is 5.56 Å². The van der Waals surface area contributed by atoms with Gasteiger partial charge >= 0.3 is 6.09 Å². The third-order valence-corrected chi connectivity index (χ3v) is 1.64. The van der Waals surface area contributed by atoms with Crippen LogP contribution in [0.3, 0.4) is 0 Å². The minimum absolute atomic E-state index is 0.330. The first-order valence-corrected chi connectivity index (χ1v) is 4.07. The lowest BCUT2D eigenvalue weighted by Crippen LogP contribution is -2.10. The SMILES string of the molecule is COC(=O)Nc1cccc(CC#N)c1. The molecule has 0 aliphatic heterocycles. The molecule has 0 saturated carbocycles. The van der Waals surface area contributed by atoms with E-state index in [1.54, 1.807) is 18.2 Å². The van der Waals surface area contributed by atoms with Gasteiger partial charge in [-0.05, 0) is 17.7 Å². The average Bonchev–Trinajstić information content (AvgIpc) is 2.19. The smallest absolute Gasteiger partial charge is 0.411 e. The molecule has 0 heterocycles. The van der Waals surface area contributed by atoms with Crippen molar-refractivity contribution in [1.29, 1.82) is 5.26 Å². The minimum Gasteiger partial charge on any atom is -0.453 e. The Morgan fingerprint density at radius 3 is 3.07 bits per heavy atom. The summed E-state index contributed by atoms with van der Waals surface area (Å²) in [5.74, 6) is 0. The van der Waals surface area contributed by atoms with Crippen molar-refractivity contribution in [2.24, 2.45) is 0 Å². The molecule has 4 nitrogen and oxygen atoms in total. The summed E-state index contributed by atoms with van der Waals surface area (Å²) >= 11 is 0. The third-order valence-electron chi connectivity index (χ3n) is 1.64. The maximum Gasteiger partial charge on any atom is 0.411 e. The van der Waals surface area contributed by atoms with Gasteiger partial charge in [0.1, 0.15) is 0 Å². The molecule has 0 radical (unpaired) electrons. The molecule has 4 heteroatoms. The number of hydrogen-bond donors (Lipinski definition) is 1. The second kappa shape index (κ2) is 4.87. The van der Waals surface area contributed by atoms with E-state index in [0.717, 1.165) is 5.56 Å². The van der Waals surface area contributed by atoms with Crippen LogP contribution in [-0.4, -0.2) is 13.2 Å². The van der Waals surface area contributed by atoms with Crippen LogP contribution in [0.2, 0.25) is 0 Å². The number of hydrogen-bond acceptors (Lipinski definition) is 3. The number of rotatable bonds is 2. The fourth-order valence-electron chi connectivity index (χ4n) is 1.02. The fraction of sp³-hybridized carbons (Fsp3) is 0.200. The number of carbonyl (C=O) groups excluding carboxylic acids is 1. The highest BCUT2D eigenvalue weighted by Gasteiger charge is 2.00. The molecule has 0 spiro atoms. The highest BCUT2D eigenvalue weighted by atomic mass is 16.5. The van der Waals surface area contributed by atoms with Crippen LogP contribution in [0.5, 0.6) is 0 Å². The zero-order chi connectivity index (χ0) is 10.4. The van der Waals surface area contributed by atoms with Crippen LogP contribution in [0, 0.1) is 11.3 Å². The van der Waals surface area contributed by atoms with Gasteiger partial charge in [-0.3, -0.25) is 5.32 Å². The molecule has 72 valence electrons. The van der Waals surface area contributed by atoms with Gasteiger partial charge in [0.2, 0.25) is 0 Å². The molecule has 0 aliphatic carbocycles. The second-order valence-electron chi connectivity index (χ2n) is 2.65. The van der Waals surface area contributed by atoms with Crippen molar-refractivity contribution in [2.75, 3.05) is 12.4 Å². The number of nitrogens with one attached hydrogen (secondary N) is 1. The van der Waals surface area contributed by atoms with E-state index in [1.807, 2.05) is 12.1 Å². The number of methoxy groups -OCH3 is 1. The number of benzene rings is 1. The van der Waals surface area contributed by atoms with E-state index in [4.69, 9.17) is 5.26 Å². The van der Waals surface area contributed by atoms with Crippen LogP contribution in [0.15, 0.2) is 24.3 Å². The highest BCUT2D eigenvalue weighted by molar-refractivity contribution is 5.84. The summed E-state index contributed by atoms with van der Waals surface area (Å²) in [6, 6.07) is 9.11. The second-order valence-corrected chi connectivity index (χ2v) is 2.65. The fourth-order valence-corrected chi connectivity index (χ4v) is 1.02. The first-order chi connectivity index (χ1) is 6.76. The quantitative estimate of drug-likeness (QED) is 0.775. The van der Waals surface area contributed by atoms with E-state index < -0.39 is 6.09 Å². The summed E-state index contributed by atoms with van der Waals surface area (Å²) in [7, 11) is 1.30. The Labute approximate surface area is 82.1 Å². The van der Waals surface area contributed by atoms with Crippen LogP contribution in [0.25, 0.3) is 0 Å². The maximum atomic E-state index is 10.9. The molecular weight excluding hydrogens is 180 g/mol. The Kier molecular flexibility index (Phi) is 3.50. The topological polar surface area (TPSA) is 62.1 Å². The Balaban J connectivity index is 2.74. The summed E-state index contributed by atoms with van der Waals surface area (Å²) in [5.41, 5.74) is 1.49. The van der Waals surface area contributed by atoms with Gasteiger partial charge in [-0.2, -0.15) is 5.26 Å². The van der Waals surface area contributed by atoms with Gasteiger partial charge < -0.3 is 4.74 Å². The Bertz CT molecular complexity index is 369. The molecule has 1 aromatic rings. The highest BCUT2D eigenvalue weighted by Crippen LogP contribution is 2.10. The summed E-state index contributed by atoms with van der Waals surface area (Å²) in [5, 5.41) is 11.0. The summed E-state index contributed by atoms with van der Waals surface area (Å²) in [6.07, 6.45) is -0.185. The number of nitrogens with zero attached hydrogens (tertiary/aromatic N) is 1. The maximum absolute atomic E-state index is 10.9. The summed E-state index contributed by atoms with van der Waals surface area (Å²) in [6.45, 7) is 0. The van der Waals surface area contributed by atoms with Crippen molar-refractivity contribution in [3.05, 3.63) is 29.8 Å². The van der Waals surface area contributed by atoms with Gasteiger partial charge in [-0.25, -0.2) is 4.79 Å². The predicted molar refractivity (Wildman–Crippen MR) is 51.8 cm³/mol. The monoisotopic (exact) mass is 190 g/mol. The van der Waals surface area contributed by atoms with E-state index >= 15 is 0 Å². The number of ether oxygens (including phenoxy) is 1. The number of anilines is 1. The molecule has 0 aliphatic rings. The molecule has 0 aromatic heterocycles. The van der Waals surface area contributed by atoms with Gasteiger partial charge in [0.25, 0.3) is 0 Å². The van der Waals surface area contributed by atoms with Crippen LogP contribution in [0.4, 0.5) is 10.5 Å². The van der Waals surface area contributed by atoms with Crippen LogP contribution in [-0.2, 0) is 11.2 Å². The molecule has 1 amide bonds. The predicted octanol–water partition coefficient (Wildman–Crippen LogP) is 1.93. The minimum atomic E-state index is -0.515. The number of carbonyl (C=O) groups is 1. The normalized spacial score (nSPS) is 8.86. The molecule has 1 rings (SSSR count). The molecule has 1 aromatic carbocycles. The van der Waals surface area contributed by atoms with E-state index in [0.29, 0.717) is 12.1 Å². The molecule has 14 heavy (non-hydrogen) atoms. The summed E-state index contributed by atoms with van der Waals surface area (Å²) in [4.78, 5) is 10.9. The van der Waals surface area contributed by atoms with E-state index in [9.17, 15) is 4.79 Å². The standard InChI is InChI=1S/C10H10N2O2/c1-14-10(13)12-9-4-2-3-8(7-9)5-6-11/h2-4,7H,5H2,1H3,(H,12,13). The lowest BCUT2D eigenvalue weighted by Gasteiger charge is -2.04. The first kappa shape index (κ1) is 10.1. The Morgan fingerprint density at radius 2 is 2.43 bits per heavy atom. The van der Waals surface area contributed by atoms with Crippen molar-refractivity contribution in [3.8, 4) is 6.07 Å². The lowest BCUT2D eigenvalue weighted by atomic mass is 10.1. The zero-order valence-electron chi connectivity index (χ0n) is 7.78. The van der Waals surface area contributed by atoms with Gasteiger partial charge in [-0.1, -0.05) is 12.1 Å². The lowest BCUT2D eigenvalue weighted by molar-refractivity contribution is 0.187. The largest absolute Gasteiger partial charge is 0.453 e. The van der Waals surface area contributed by atoms with Gasteiger partial charge in [0.05, 0.1) is 19.6 Å². The van der Waals surface area contributed by atoms with Crippen molar-refractivity contribution in [2.45, 2.75) is 6.42 Å².